The number of aromatic nitrogens is 3. The number of carbonyl (C=O) groups excluding carboxylic acids is 1. The van der Waals surface area contributed by atoms with E-state index in [0.29, 0.717) is 12.1 Å². The number of carbonyl (C=O) groups is 1. The highest BCUT2D eigenvalue weighted by atomic mass is 16.2. The molecule has 160 valence electrons. The Labute approximate surface area is 180 Å². The number of hydrogen-bond donors (Lipinski definition) is 1. The van der Waals surface area contributed by atoms with E-state index in [1.807, 2.05) is 42.5 Å². The molecule has 4 rings (SSSR count). The van der Waals surface area contributed by atoms with Gasteiger partial charge in [0.05, 0.1) is 6.20 Å². The second kappa shape index (κ2) is 9.14. The minimum Gasteiger partial charge on any atom is -0.355 e. The Morgan fingerprint density at radius 3 is 2.61 bits per heavy atom. The van der Waals surface area contributed by atoms with Gasteiger partial charge in [-0.25, -0.2) is 4.68 Å². The minimum atomic E-state index is -0.205. The Balaban J connectivity index is 1.39. The summed E-state index contributed by atoms with van der Waals surface area (Å²) in [5, 5.41) is 8.84. The van der Waals surface area contributed by atoms with Crippen LogP contribution in [-0.2, 0) is 24.9 Å². The zero-order valence-electron chi connectivity index (χ0n) is 17.9. The Kier molecular flexibility index (Phi) is 6.13. The first-order chi connectivity index (χ1) is 15.0. The Bertz CT molecular complexity index is 1260. The summed E-state index contributed by atoms with van der Waals surface area (Å²) in [5.74, 6) is -0.104. The van der Waals surface area contributed by atoms with Crippen LogP contribution in [0.15, 0.2) is 65.6 Å². The van der Waals surface area contributed by atoms with Gasteiger partial charge in [0.15, 0.2) is 0 Å². The van der Waals surface area contributed by atoms with Crippen molar-refractivity contribution in [1.29, 1.82) is 0 Å². The average Bonchev–Trinajstić information content (AvgIpc) is 3.09. The van der Waals surface area contributed by atoms with E-state index in [1.54, 1.807) is 17.8 Å². The number of aryl methyl sites for hydroxylation is 1. The fourth-order valence-electron chi connectivity index (χ4n) is 3.96. The molecule has 1 amide bonds. The molecule has 2 heterocycles. The molecule has 1 N–H and O–H groups in total. The second-order valence-corrected chi connectivity index (χ2v) is 7.87. The van der Waals surface area contributed by atoms with Gasteiger partial charge < -0.3 is 14.8 Å². The summed E-state index contributed by atoms with van der Waals surface area (Å²) in [5.41, 5.74) is 2.44. The molecule has 0 atom stereocenters. The third-order valence-electron chi connectivity index (χ3n) is 5.50. The molecule has 7 nitrogen and oxygen atoms in total. The minimum absolute atomic E-state index is 0.100. The summed E-state index contributed by atoms with van der Waals surface area (Å²) in [6, 6.07) is 18.1. The van der Waals surface area contributed by atoms with Gasteiger partial charge in [0.2, 0.25) is 5.91 Å². The van der Waals surface area contributed by atoms with E-state index >= 15 is 0 Å². The first-order valence-electron chi connectivity index (χ1n) is 10.5. The molecule has 0 aliphatic carbocycles. The van der Waals surface area contributed by atoms with Gasteiger partial charge in [0.25, 0.3) is 5.56 Å². The highest BCUT2D eigenvalue weighted by Crippen LogP contribution is 2.25. The lowest BCUT2D eigenvalue weighted by molar-refractivity contribution is -0.121. The fraction of sp³-hybridized carbons (Fsp3) is 0.292. The van der Waals surface area contributed by atoms with Crippen molar-refractivity contribution in [3.05, 3.63) is 76.7 Å². The van der Waals surface area contributed by atoms with Crippen LogP contribution in [-0.4, -0.2) is 45.3 Å². The fourth-order valence-corrected chi connectivity index (χ4v) is 3.96. The van der Waals surface area contributed by atoms with Crippen LogP contribution in [0.25, 0.3) is 21.8 Å². The SMILES string of the molecule is CN(CCCNC(=O)Cn1c2ccccc2c2cnn(C)c(=O)c21)Cc1ccccc1. The molecule has 31 heavy (non-hydrogen) atoms. The van der Waals surface area contributed by atoms with Crippen LogP contribution in [0.2, 0.25) is 0 Å². The average molecular weight is 418 g/mol. The van der Waals surface area contributed by atoms with Crippen molar-refractivity contribution in [2.45, 2.75) is 19.5 Å². The summed E-state index contributed by atoms with van der Waals surface area (Å²) in [4.78, 5) is 27.6. The lowest BCUT2D eigenvalue weighted by Crippen LogP contribution is -2.31. The van der Waals surface area contributed by atoms with E-state index in [1.165, 1.54) is 10.2 Å². The van der Waals surface area contributed by atoms with Gasteiger partial charge in [-0.1, -0.05) is 48.5 Å². The van der Waals surface area contributed by atoms with E-state index in [4.69, 9.17) is 0 Å². The summed E-state index contributed by atoms with van der Waals surface area (Å²) < 4.78 is 3.10. The maximum Gasteiger partial charge on any atom is 0.291 e. The third-order valence-corrected chi connectivity index (χ3v) is 5.50. The van der Waals surface area contributed by atoms with Gasteiger partial charge in [-0.2, -0.15) is 5.10 Å². The van der Waals surface area contributed by atoms with Crippen LogP contribution in [0.4, 0.5) is 0 Å². The smallest absolute Gasteiger partial charge is 0.291 e. The van der Waals surface area contributed by atoms with Crippen molar-refractivity contribution < 1.29 is 4.79 Å². The molecule has 0 spiro atoms. The number of hydrogen-bond acceptors (Lipinski definition) is 4. The quantitative estimate of drug-likeness (QED) is 0.447. The monoisotopic (exact) mass is 417 g/mol. The number of fused-ring (bicyclic) bond motifs is 3. The number of nitrogens with one attached hydrogen (secondary N) is 1. The van der Waals surface area contributed by atoms with E-state index < -0.39 is 0 Å². The summed E-state index contributed by atoms with van der Waals surface area (Å²) in [6.07, 6.45) is 2.55. The summed E-state index contributed by atoms with van der Waals surface area (Å²) in [7, 11) is 3.70. The van der Waals surface area contributed by atoms with Gasteiger partial charge in [-0.3, -0.25) is 9.59 Å². The molecule has 7 heteroatoms. The molecule has 2 aromatic carbocycles. The van der Waals surface area contributed by atoms with Crippen molar-refractivity contribution in [3.63, 3.8) is 0 Å². The van der Waals surface area contributed by atoms with Gasteiger partial charge in [-0.05, 0) is 31.6 Å². The topological polar surface area (TPSA) is 72.2 Å². The van der Waals surface area contributed by atoms with Crippen LogP contribution < -0.4 is 10.9 Å². The summed E-state index contributed by atoms with van der Waals surface area (Å²) in [6.45, 7) is 2.46. The molecule has 4 aromatic rings. The van der Waals surface area contributed by atoms with Gasteiger partial charge >= 0.3 is 0 Å². The third kappa shape index (κ3) is 4.51. The number of para-hydroxylation sites is 1. The number of amides is 1. The maximum absolute atomic E-state index is 12.7. The lowest BCUT2D eigenvalue weighted by atomic mass is 10.2. The lowest BCUT2D eigenvalue weighted by Gasteiger charge is -2.17. The number of benzene rings is 2. The number of nitrogens with zero attached hydrogens (tertiary/aromatic N) is 4. The van der Waals surface area contributed by atoms with Crippen molar-refractivity contribution in [1.82, 2.24) is 24.6 Å². The number of rotatable bonds is 8. The van der Waals surface area contributed by atoms with Crippen LogP contribution in [0.1, 0.15) is 12.0 Å². The van der Waals surface area contributed by atoms with Crippen LogP contribution in [0, 0.1) is 0 Å². The van der Waals surface area contributed by atoms with Crippen LogP contribution >= 0.6 is 0 Å². The van der Waals surface area contributed by atoms with Gasteiger partial charge in [-0.15, -0.1) is 0 Å². The van der Waals surface area contributed by atoms with E-state index in [0.717, 1.165) is 35.8 Å². The molecule has 0 saturated carbocycles. The molecule has 0 unspecified atom stereocenters. The molecular formula is C24H27N5O2. The standard InChI is InChI=1S/C24H27N5O2/c1-27(16-18-9-4-3-5-10-18)14-8-13-25-22(30)17-29-21-12-7-6-11-19(21)20-15-26-28(2)24(31)23(20)29/h3-7,9-12,15H,8,13-14,16-17H2,1-2H3,(H,25,30). The molecular weight excluding hydrogens is 390 g/mol. The van der Waals surface area contributed by atoms with Gasteiger partial charge in [0, 0.05) is 36.4 Å². The molecule has 0 aliphatic rings. The molecule has 0 bridgehead atoms. The molecule has 0 fully saturated rings. The predicted octanol–water partition coefficient (Wildman–Crippen LogP) is 2.53. The first kappa shape index (κ1) is 20.8. The summed E-state index contributed by atoms with van der Waals surface area (Å²) >= 11 is 0. The van der Waals surface area contributed by atoms with Crippen molar-refractivity contribution in [2.75, 3.05) is 20.1 Å². The Morgan fingerprint density at radius 2 is 1.81 bits per heavy atom. The van der Waals surface area contributed by atoms with Crippen LogP contribution in [0.5, 0.6) is 0 Å². The van der Waals surface area contributed by atoms with E-state index in [2.05, 4.69) is 34.5 Å². The van der Waals surface area contributed by atoms with E-state index in [9.17, 15) is 9.59 Å². The zero-order chi connectivity index (χ0) is 21.8. The largest absolute Gasteiger partial charge is 0.355 e. The molecule has 0 radical (unpaired) electrons. The van der Waals surface area contributed by atoms with Gasteiger partial charge in [0.1, 0.15) is 12.1 Å². The predicted molar refractivity (Wildman–Crippen MR) is 123 cm³/mol. The van der Waals surface area contributed by atoms with Crippen molar-refractivity contribution >= 4 is 27.7 Å². The van der Waals surface area contributed by atoms with Crippen molar-refractivity contribution in [3.8, 4) is 0 Å². The van der Waals surface area contributed by atoms with Crippen LogP contribution in [0.3, 0.4) is 0 Å². The highest BCUT2D eigenvalue weighted by Gasteiger charge is 2.16. The normalized spacial score (nSPS) is 11.5. The Hall–Kier alpha value is -3.45. The second-order valence-electron chi connectivity index (χ2n) is 7.87. The Morgan fingerprint density at radius 1 is 1.06 bits per heavy atom. The molecule has 2 aromatic heterocycles. The first-order valence-corrected chi connectivity index (χ1v) is 10.5. The zero-order valence-corrected chi connectivity index (χ0v) is 17.9. The molecule has 0 aliphatic heterocycles. The maximum atomic E-state index is 12.7. The molecule has 0 saturated heterocycles. The van der Waals surface area contributed by atoms with Crippen molar-refractivity contribution in [2.24, 2.45) is 7.05 Å². The van der Waals surface area contributed by atoms with E-state index in [-0.39, 0.29) is 18.0 Å². The highest BCUT2D eigenvalue weighted by molar-refractivity contribution is 6.07.